The molecule has 3 nitrogen and oxygen atoms in total. The zero-order valence-corrected chi connectivity index (χ0v) is 9.42. The highest BCUT2D eigenvalue weighted by atomic mass is 19.2. The molecule has 1 aliphatic rings. The number of aryl methyl sites for hydroxylation is 1. The van der Waals surface area contributed by atoms with Crippen molar-refractivity contribution in [2.75, 3.05) is 0 Å². The van der Waals surface area contributed by atoms with Crippen molar-refractivity contribution >= 4 is 5.91 Å². The quantitative estimate of drug-likeness (QED) is 0.777. The number of amides is 1. The van der Waals surface area contributed by atoms with Gasteiger partial charge in [0.15, 0.2) is 11.6 Å². The van der Waals surface area contributed by atoms with Crippen molar-refractivity contribution in [3.63, 3.8) is 0 Å². The topological polar surface area (TPSA) is 41.8 Å². The van der Waals surface area contributed by atoms with E-state index in [1.54, 1.807) is 6.92 Å². The number of halogens is 2. The van der Waals surface area contributed by atoms with Gasteiger partial charge in [-0.1, -0.05) is 12.1 Å². The second-order valence-electron chi connectivity index (χ2n) is 3.92. The highest BCUT2D eigenvalue weighted by Gasteiger charge is 2.21. The minimum absolute atomic E-state index is 0.0146. The Morgan fingerprint density at radius 2 is 1.82 bits per heavy atom. The molecule has 0 bridgehead atoms. The largest absolute Gasteiger partial charge is 0.293 e. The Morgan fingerprint density at radius 1 is 1.12 bits per heavy atom. The third kappa shape index (κ3) is 2.00. The van der Waals surface area contributed by atoms with E-state index in [0.717, 1.165) is 0 Å². The van der Waals surface area contributed by atoms with Crippen LogP contribution in [0.3, 0.4) is 0 Å². The molecule has 0 N–H and O–H groups in total. The Labute approximate surface area is 96.9 Å². The average Bonchev–Trinajstić information content (AvgIpc) is 2.61. The molecule has 0 aliphatic carbocycles. The van der Waals surface area contributed by atoms with Crippen LogP contribution in [-0.2, 0) is 11.2 Å². The van der Waals surface area contributed by atoms with Gasteiger partial charge >= 0.3 is 0 Å². The number of carbonyl (C=O) groups excluding carboxylic acids is 1. The van der Waals surface area contributed by atoms with Gasteiger partial charge in [-0.25, -0.2) is 8.78 Å². The monoisotopic (exact) mass is 236 g/mol. The SMILES string of the molecule is CC1=C(Cc2ccc(C)c(F)c2F)C(=O)N=N1. The number of carbonyl (C=O) groups is 1. The van der Waals surface area contributed by atoms with Gasteiger partial charge in [-0.2, -0.15) is 5.11 Å². The predicted octanol–water partition coefficient (Wildman–Crippen LogP) is 3.08. The smallest absolute Gasteiger partial charge is 0.265 e. The normalized spacial score (nSPS) is 14.9. The zero-order chi connectivity index (χ0) is 12.6. The molecule has 0 atom stereocenters. The van der Waals surface area contributed by atoms with E-state index in [1.165, 1.54) is 19.1 Å². The van der Waals surface area contributed by atoms with Crippen molar-refractivity contribution < 1.29 is 13.6 Å². The number of hydrogen-bond acceptors (Lipinski definition) is 2. The summed E-state index contributed by atoms with van der Waals surface area (Å²) in [4.78, 5) is 11.3. The highest BCUT2D eigenvalue weighted by molar-refractivity contribution is 5.96. The lowest BCUT2D eigenvalue weighted by Crippen LogP contribution is -2.04. The van der Waals surface area contributed by atoms with E-state index < -0.39 is 17.5 Å². The van der Waals surface area contributed by atoms with E-state index in [4.69, 9.17) is 0 Å². The Morgan fingerprint density at radius 3 is 2.41 bits per heavy atom. The first-order valence-electron chi connectivity index (χ1n) is 5.10. The summed E-state index contributed by atoms with van der Waals surface area (Å²) in [7, 11) is 0. The molecule has 0 spiro atoms. The molecule has 5 heteroatoms. The fourth-order valence-corrected chi connectivity index (χ4v) is 1.61. The second kappa shape index (κ2) is 4.16. The van der Waals surface area contributed by atoms with Crippen LogP contribution in [0, 0.1) is 18.6 Å². The first-order chi connectivity index (χ1) is 8.00. The van der Waals surface area contributed by atoms with Crippen molar-refractivity contribution in [3.8, 4) is 0 Å². The minimum Gasteiger partial charge on any atom is -0.265 e. The van der Waals surface area contributed by atoms with E-state index in [2.05, 4.69) is 10.2 Å². The third-order valence-electron chi connectivity index (χ3n) is 2.71. The van der Waals surface area contributed by atoms with Crippen LogP contribution in [0.2, 0.25) is 0 Å². The van der Waals surface area contributed by atoms with Crippen molar-refractivity contribution in [2.45, 2.75) is 20.3 Å². The summed E-state index contributed by atoms with van der Waals surface area (Å²) in [6, 6.07) is 2.96. The van der Waals surface area contributed by atoms with E-state index in [9.17, 15) is 13.6 Å². The molecular formula is C12H10F2N2O. The number of nitrogens with zero attached hydrogens (tertiary/aromatic N) is 2. The summed E-state index contributed by atoms with van der Waals surface area (Å²) >= 11 is 0. The zero-order valence-electron chi connectivity index (χ0n) is 9.42. The maximum Gasteiger partial charge on any atom is 0.293 e. The van der Waals surface area contributed by atoms with E-state index in [-0.39, 0.29) is 17.5 Å². The van der Waals surface area contributed by atoms with Gasteiger partial charge in [-0.15, -0.1) is 5.11 Å². The number of azo groups is 1. The summed E-state index contributed by atoms with van der Waals surface area (Å²) in [6.07, 6.45) is 0.0146. The molecule has 0 radical (unpaired) electrons. The summed E-state index contributed by atoms with van der Waals surface area (Å²) in [5.74, 6) is -2.27. The summed E-state index contributed by atoms with van der Waals surface area (Å²) < 4.78 is 26.9. The molecular weight excluding hydrogens is 226 g/mol. The fourth-order valence-electron chi connectivity index (χ4n) is 1.61. The maximum absolute atomic E-state index is 13.6. The Kier molecular flexibility index (Phi) is 2.83. The number of hydrogen-bond donors (Lipinski definition) is 0. The van der Waals surface area contributed by atoms with Gasteiger partial charge < -0.3 is 0 Å². The molecule has 0 fully saturated rings. The van der Waals surface area contributed by atoms with Crippen molar-refractivity contribution in [3.05, 3.63) is 46.2 Å². The number of allylic oxidation sites excluding steroid dienone is 1. The van der Waals surface area contributed by atoms with Crippen LogP contribution in [0.1, 0.15) is 18.1 Å². The minimum atomic E-state index is -0.912. The van der Waals surface area contributed by atoms with Crippen LogP contribution in [0.4, 0.5) is 8.78 Å². The molecule has 1 aromatic rings. The molecule has 0 saturated heterocycles. The fraction of sp³-hybridized carbons (Fsp3) is 0.250. The van der Waals surface area contributed by atoms with Crippen molar-refractivity contribution in [1.82, 2.24) is 0 Å². The Balaban J connectivity index is 2.36. The van der Waals surface area contributed by atoms with Crippen LogP contribution in [0.25, 0.3) is 0 Å². The van der Waals surface area contributed by atoms with Gasteiger partial charge in [0.1, 0.15) is 0 Å². The first kappa shape index (κ1) is 11.6. The molecule has 0 aromatic heterocycles. The van der Waals surface area contributed by atoms with Gasteiger partial charge in [-0.05, 0) is 25.0 Å². The van der Waals surface area contributed by atoms with Crippen LogP contribution < -0.4 is 0 Å². The molecule has 0 unspecified atom stereocenters. The molecule has 0 saturated carbocycles. The lowest BCUT2D eigenvalue weighted by atomic mass is 10.0. The molecule has 88 valence electrons. The van der Waals surface area contributed by atoms with Crippen LogP contribution >= 0.6 is 0 Å². The number of benzene rings is 1. The van der Waals surface area contributed by atoms with Gasteiger partial charge in [0.05, 0.1) is 5.70 Å². The number of rotatable bonds is 2. The second-order valence-corrected chi connectivity index (χ2v) is 3.92. The molecule has 1 aromatic carbocycles. The van der Waals surface area contributed by atoms with E-state index in [0.29, 0.717) is 11.3 Å². The lowest BCUT2D eigenvalue weighted by Gasteiger charge is -2.06. The maximum atomic E-state index is 13.6. The first-order valence-corrected chi connectivity index (χ1v) is 5.10. The van der Waals surface area contributed by atoms with E-state index >= 15 is 0 Å². The Hall–Kier alpha value is -1.91. The van der Waals surface area contributed by atoms with Crippen molar-refractivity contribution in [1.29, 1.82) is 0 Å². The van der Waals surface area contributed by atoms with Gasteiger partial charge in [0.25, 0.3) is 5.91 Å². The van der Waals surface area contributed by atoms with Crippen LogP contribution in [0.15, 0.2) is 33.6 Å². The predicted molar refractivity (Wildman–Crippen MR) is 57.4 cm³/mol. The van der Waals surface area contributed by atoms with E-state index in [1.807, 2.05) is 0 Å². The van der Waals surface area contributed by atoms with Crippen LogP contribution in [0.5, 0.6) is 0 Å². The summed E-state index contributed by atoms with van der Waals surface area (Å²) in [5, 5.41) is 6.96. The van der Waals surface area contributed by atoms with Crippen molar-refractivity contribution in [2.24, 2.45) is 10.2 Å². The summed E-state index contributed by atoms with van der Waals surface area (Å²) in [5.41, 5.74) is 1.15. The Bertz CT molecular complexity index is 562. The highest BCUT2D eigenvalue weighted by Crippen LogP contribution is 2.23. The molecule has 1 amide bonds. The van der Waals surface area contributed by atoms with Gasteiger partial charge in [0, 0.05) is 12.0 Å². The summed E-state index contributed by atoms with van der Waals surface area (Å²) in [6.45, 7) is 3.10. The molecule has 1 heterocycles. The van der Waals surface area contributed by atoms with Crippen LogP contribution in [-0.4, -0.2) is 5.91 Å². The lowest BCUT2D eigenvalue weighted by molar-refractivity contribution is -0.114. The third-order valence-corrected chi connectivity index (χ3v) is 2.71. The molecule has 2 rings (SSSR count). The average molecular weight is 236 g/mol. The standard InChI is InChI=1S/C12H10F2N2O/c1-6-3-4-8(11(14)10(6)13)5-9-7(2)15-16-12(9)17/h3-4H,5H2,1-2H3. The molecule has 17 heavy (non-hydrogen) atoms. The molecule has 1 aliphatic heterocycles. The van der Waals surface area contributed by atoms with Gasteiger partial charge in [-0.3, -0.25) is 4.79 Å². The van der Waals surface area contributed by atoms with Gasteiger partial charge in [0.2, 0.25) is 0 Å².